The van der Waals surface area contributed by atoms with E-state index in [1.54, 1.807) is 6.07 Å². The van der Waals surface area contributed by atoms with Crippen molar-refractivity contribution in [1.29, 1.82) is 5.26 Å². The monoisotopic (exact) mass is 606 g/mol. The molecule has 8 nitrogen and oxygen atoms in total. The molecule has 2 aliphatic rings. The van der Waals surface area contributed by atoms with Crippen molar-refractivity contribution in [1.82, 2.24) is 19.9 Å². The minimum absolute atomic E-state index is 0.00769. The quantitative estimate of drug-likeness (QED) is 0.271. The predicted molar refractivity (Wildman–Crippen MR) is 154 cm³/mol. The lowest BCUT2D eigenvalue weighted by Gasteiger charge is -2.38. The highest BCUT2D eigenvalue weighted by Gasteiger charge is 2.42. The number of rotatable bonds is 6. The zero-order valence-electron chi connectivity index (χ0n) is 24.1. The molecule has 1 unspecified atom stereocenters. The van der Waals surface area contributed by atoms with Gasteiger partial charge in [-0.2, -0.15) is 5.26 Å². The van der Waals surface area contributed by atoms with Gasteiger partial charge >= 0.3 is 0 Å². The van der Waals surface area contributed by atoms with E-state index < -0.39 is 29.2 Å². The van der Waals surface area contributed by atoms with Crippen LogP contribution in [0.5, 0.6) is 0 Å². The number of piperidine rings is 1. The Bertz CT molecular complexity index is 1810. The first kappa shape index (κ1) is 29.7. The number of alkyl halides is 2. The van der Waals surface area contributed by atoms with Crippen LogP contribution in [-0.2, 0) is 6.54 Å². The Kier molecular flexibility index (Phi) is 7.42. The van der Waals surface area contributed by atoms with E-state index in [9.17, 15) is 28.3 Å². The molecule has 0 aliphatic carbocycles. The zero-order chi connectivity index (χ0) is 31.5. The molecule has 4 aromatic rings. The number of benzene rings is 3. The molecule has 0 radical (unpaired) electrons. The lowest BCUT2D eigenvalue weighted by atomic mass is 9.90. The number of fused-ring (bicyclic) bond motifs is 3. The molecule has 228 valence electrons. The van der Waals surface area contributed by atoms with Crippen molar-refractivity contribution in [3.05, 3.63) is 70.8 Å². The predicted octanol–water partition coefficient (Wildman–Crippen LogP) is 5.72. The number of aliphatic hydroxyl groups is 1. The summed E-state index contributed by atoms with van der Waals surface area (Å²) in [6, 6.07) is 11.3. The van der Waals surface area contributed by atoms with Crippen LogP contribution in [0, 0.1) is 23.0 Å². The van der Waals surface area contributed by atoms with Crippen LogP contribution in [0.1, 0.15) is 67.4 Å². The van der Waals surface area contributed by atoms with E-state index in [-0.39, 0.29) is 75.0 Å². The molecule has 2 fully saturated rings. The maximum atomic E-state index is 16.2. The number of carbonyl (C=O) groups is 1. The Morgan fingerprint density at radius 3 is 2.41 bits per heavy atom. The second-order valence-electron chi connectivity index (χ2n) is 12.3. The summed E-state index contributed by atoms with van der Waals surface area (Å²) in [7, 11) is 0. The summed E-state index contributed by atoms with van der Waals surface area (Å²) < 4.78 is 61.0. The number of nitrogens with zero attached hydrogens (tertiary/aromatic N) is 5. The van der Waals surface area contributed by atoms with Gasteiger partial charge in [0.2, 0.25) is 0 Å². The summed E-state index contributed by atoms with van der Waals surface area (Å²) in [5, 5.41) is 27.4. The third-order valence-corrected chi connectivity index (χ3v) is 8.49. The van der Waals surface area contributed by atoms with Crippen LogP contribution in [0.4, 0.5) is 17.6 Å². The zero-order valence-corrected chi connectivity index (χ0v) is 24.1. The molecule has 2 saturated heterocycles. The topological polar surface area (TPSA) is 121 Å². The van der Waals surface area contributed by atoms with Gasteiger partial charge in [0.05, 0.1) is 23.3 Å². The Morgan fingerprint density at radius 2 is 1.80 bits per heavy atom. The molecule has 6 rings (SSSR count). The van der Waals surface area contributed by atoms with Gasteiger partial charge in [-0.3, -0.25) is 4.79 Å². The largest absolute Gasteiger partial charge is 0.389 e. The van der Waals surface area contributed by atoms with Crippen LogP contribution < -0.4 is 5.73 Å². The molecule has 12 heteroatoms. The van der Waals surface area contributed by atoms with E-state index >= 15 is 4.39 Å². The van der Waals surface area contributed by atoms with Gasteiger partial charge < -0.3 is 15.7 Å². The highest BCUT2D eigenvalue weighted by atomic mass is 19.3. The maximum absolute atomic E-state index is 16.2. The molecule has 3 N–H and O–H groups in total. The van der Waals surface area contributed by atoms with Crippen molar-refractivity contribution in [3.8, 4) is 28.3 Å². The fourth-order valence-electron chi connectivity index (χ4n) is 6.65. The van der Waals surface area contributed by atoms with Gasteiger partial charge in [0.1, 0.15) is 28.7 Å². The minimum atomic E-state index is -3.26. The molecule has 1 aromatic heterocycles. The van der Waals surface area contributed by atoms with E-state index in [2.05, 4.69) is 10.3 Å². The Morgan fingerprint density at radius 1 is 1.09 bits per heavy atom. The molecule has 2 bridgehead atoms. The maximum Gasteiger partial charge on any atom is 0.268 e. The van der Waals surface area contributed by atoms with E-state index in [0.717, 1.165) is 23.6 Å². The number of amides is 1. The number of nitrogens with two attached hydrogens (primary N) is 1. The van der Waals surface area contributed by atoms with Crippen LogP contribution in [0.3, 0.4) is 0 Å². The van der Waals surface area contributed by atoms with Gasteiger partial charge in [-0.1, -0.05) is 17.3 Å². The van der Waals surface area contributed by atoms with Gasteiger partial charge in [-0.05, 0) is 86.6 Å². The summed E-state index contributed by atoms with van der Waals surface area (Å²) >= 11 is 0. The lowest BCUT2D eigenvalue weighted by Crippen LogP contribution is -2.50. The first-order valence-electron chi connectivity index (χ1n) is 14.3. The van der Waals surface area contributed by atoms with Crippen LogP contribution >= 0.6 is 0 Å². The highest BCUT2D eigenvalue weighted by molar-refractivity contribution is 5.99. The van der Waals surface area contributed by atoms with E-state index in [1.165, 1.54) is 50.2 Å². The van der Waals surface area contributed by atoms with Crippen LogP contribution in [0.2, 0.25) is 0 Å². The molecular weight excluding hydrogens is 576 g/mol. The third-order valence-electron chi connectivity index (χ3n) is 8.49. The highest BCUT2D eigenvalue weighted by Crippen LogP contribution is 2.42. The first-order valence-corrected chi connectivity index (χ1v) is 14.3. The van der Waals surface area contributed by atoms with Crippen molar-refractivity contribution >= 4 is 16.9 Å². The van der Waals surface area contributed by atoms with Gasteiger partial charge in [0.15, 0.2) is 0 Å². The van der Waals surface area contributed by atoms with Crippen LogP contribution in [-0.4, -0.2) is 54.6 Å². The second-order valence-corrected chi connectivity index (χ2v) is 12.3. The first-order chi connectivity index (χ1) is 20.9. The van der Waals surface area contributed by atoms with Crippen LogP contribution in [0.25, 0.3) is 33.3 Å². The number of carbonyl (C=O) groups excluding carboxylic acids is 1. The molecule has 0 spiro atoms. The third kappa shape index (κ3) is 5.20. The number of nitriles is 1. The molecule has 3 heterocycles. The van der Waals surface area contributed by atoms with Gasteiger partial charge in [-0.15, -0.1) is 5.10 Å². The smallest absolute Gasteiger partial charge is 0.268 e. The number of hydrogen-bond acceptors (Lipinski definition) is 6. The summed E-state index contributed by atoms with van der Waals surface area (Å²) in [6.07, 6.45) is -0.209. The summed E-state index contributed by atoms with van der Waals surface area (Å²) in [4.78, 5) is 15.7. The number of aromatic nitrogens is 3. The molecule has 3 atom stereocenters. The SMILES string of the molecule is CC(C)(O)Cn1nnc2cc(-c3ccc(C(=O)N4[C@@H]5CC[C@H]4CC(N)C5)cc3-c3ccc(C#N)c(F)c3)c(F)c(C(F)F)c21. The molecule has 2 aliphatic heterocycles. The van der Waals surface area contributed by atoms with Crippen molar-refractivity contribution in [2.24, 2.45) is 5.73 Å². The molecule has 1 amide bonds. The van der Waals surface area contributed by atoms with Crippen molar-refractivity contribution in [3.63, 3.8) is 0 Å². The standard InChI is InChI=1S/C32H30F4N6O2/c1-32(2,44)15-41-29-26(39-40-41)13-24(28(34)27(29)30(35)36)22-8-5-17(9-23(22)16-3-4-18(14-37)25(33)10-16)31(43)42-20-6-7-21(42)12-19(38)11-20/h3-5,8-10,13,19-21,30,44H,6-7,11-12,15,38H2,1-2H3/t19?,20-,21+. The average molecular weight is 607 g/mol. The van der Waals surface area contributed by atoms with Crippen molar-refractivity contribution in [2.45, 2.75) is 76.2 Å². The Labute approximate surface area is 250 Å². The normalized spacial score (nSPS) is 20.0. The van der Waals surface area contributed by atoms with Gasteiger partial charge in [0.25, 0.3) is 12.3 Å². The van der Waals surface area contributed by atoms with Gasteiger partial charge in [0, 0.05) is 29.3 Å². The molecule has 0 saturated carbocycles. The number of hydrogen-bond donors (Lipinski definition) is 2. The van der Waals surface area contributed by atoms with E-state index in [1.807, 2.05) is 4.90 Å². The Hall–Kier alpha value is -4.34. The van der Waals surface area contributed by atoms with Gasteiger partial charge in [-0.25, -0.2) is 22.2 Å². The van der Waals surface area contributed by atoms with Crippen molar-refractivity contribution in [2.75, 3.05) is 0 Å². The van der Waals surface area contributed by atoms with E-state index in [0.29, 0.717) is 12.8 Å². The fraction of sp³-hybridized carbons (Fsp3) is 0.375. The van der Waals surface area contributed by atoms with Crippen LogP contribution in [0.15, 0.2) is 42.5 Å². The molecular formula is C32H30F4N6O2. The summed E-state index contributed by atoms with van der Waals surface area (Å²) in [5.74, 6) is -2.30. The average Bonchev–Trinajstić information content (AvgIpc) is 3.47. The molecule has 44 heavy (non-hydrogen) atoms. The minimum Gasteiger partial charge on any atom is -0.389 e. The fourth-order valence-corrected chi connectivity index (χ4v) is 6.65. The second kappa shape index (κ2) is 11.0. The molecule has 3 aromatic carbocycles. The van der Waals surface area contributed by atoms with Crippen molar-refractivity contribution < 1.29 is 27.5 Å². The lowest BCUT2D eigenvalue weighted by molar-refractivity contribution is 0.0570. The van der Waals surface area contributed by atoms with E-state index in [4.69, 9.17) is 5.73 Å². The summed E-state index contributed by atoms with van der Waals surface area (Å²) in [6.45, 7) is 2.71. The Balaban J connectivity index is 1.54. The summed E-state index contributed by atoms with van der Waals surface area (Å²) in [5.41, 5.74) is 3.99. The number of halogens is 4.